The molecule has 2 N–H and O–H groups in total. The lowest BCUT2D eigenvalue weighted by molar-refractivity contribution is -0.121. The number of rotatable bonds is 7. The molecule has 0 bridgehead atoms. The third-order valence-corrected chi connectivity index (χ3v) is 3.38. The number of aromatic nitrogens is 2. The van der Waals surface area contributed by atoms with Gasteiger partial charge in [-0.15, -0.1) is 0 Å². The number of hydrogen-bond acceptors (Lipinski definition) is 5. The molecule has 0 spiro atoms. The van der Waals surface area contributed by atoms with E-state index in [2.05, 4.69) is 20.8 Å². The van der Waals surface area contributed by atoms with Crippen LogP contribution in [0.2, 0.25) is 5.02 Å². The topological polar surface area (TPSA) is 80.0 Å². The van der Waals surface area contributed by atoms with Crippen LogP contribution in [0.1, 0.15) is 31.6 Å². The first-order valence-corrected chi connectivity index (χ1v) is 7.51. The van der Waals surface area contributed by atoms with Gasteiger partial charge in [-0.3, -0.25) is 4.79 Å². The maximum atomic E-state index is 11.8. The minimum absolute atomic E-state index is 0.0272. The van der Waals surface area contributed by atoms with Gasteiger partial charge in [-0.25, -0.2) is 0 Å². The summed E-state index contributed by atoms with van der Waals surface area (Å²) >= 11 is 5.85. The van der Waals surface area contributed by atoms with Crippen LogP contribution in [0, 0.1) is 0 Å². The van der Waals surface area contributed by atoms with Gasteiger partial charge in [-0.1, -0.05) is 16.8 Å². The zero-order valence-corrected chi connectivity index (χ0v) is 13.4. The normalized spacial score (nSPS) is 12.1. The van der Waals surface area contributed by atoms with Gasteiger partial charge in [0, 0.05) is 17.0 Å². The second-order valence-electron chi connectivity index (χ2n) is 4.96. The van der Waals surface area contributed by atoms with E-state index < -0.39 is 0 Å². The maximum Gasteiger partial charge on any atom is 0.257 e. The third-order valence-electron chi connectivity index (χ3n) is 3.13. The Balaban J connectivity index is 1.95. The van der Waals surface area contributed by atoms with E-state index >= 15 is 0 Å². The van der Waals surface area contributed by atoms with E-state index in [1.165, 1.54) is 0 Å². The van der Waals surface area contributed by atoms with Crippen molar-refractivity contribution < 1.29 is 9.32 Å². The lowest BCUT2D eigenvalue weighted by atomic mass is 10.2. The van der Waals surface area contributed by atoms with Gasteiger partial charge in [0.2, 0.25) is 5.91 Å². The molecule has 7 heteroatoms. The summed E-state index contributed by atoms with van der Waals surface area (Å²) in [4.78, 5) is 16.1. The molecule has 1 atom stereocenters. The molecule has 0 saturated carbocycles. The summed E-state index contributed by atoms with van der Waals surface area (Å²) in [7, 11) is 1.86. The quantitative estimate of drug-likeness (QED) is 0.766. The first-order chi connectivity index (χ1) is 10.6. The van der Waals surface area contributed by atoms with Gasteiger partial charge in [0.05, 0.1) is 6.04 Å². The Morgan fingerprint density at radius 2 is 2.09 bits per heavy atom. The molecule has 0 radical (unpaired) electrons. The molecule has 0 saturated heterocycles. The molecule has 2 rings (SSSR count). The summed E-state index contributed by atoms with van der Waals surface area (Å²) in [6, 6.07) is 6.83. The zero-order valence-electron chi connectivity index (χ0n) is 12.6. The molecular weight excluding hydrogens is 304 g/mol. The highest BCUT2D eigenvalue weighted by Crippen LogP contribution is 2.21. The van der Waals surface area contributed by atoms with Crippen molar-refractivity contribution in [1.82, 2.24) is 20.8 Å². The van der Waals surface area contributed by atoms with Gasteiger partial charge < -0.3 is 15.2 Å². The fourth-order valence-corrected chi connectivity index (χ4v) is 2.05. The Labute approximate surface area is 134 Å². The smallest absolute Gasteiger partial charge is 0.257 e. The summed E-state index contributed by atoms with van der Waals surface area (Å²) in [5.41, 5.74) is 0.788. The molecule has 2 aromatic rings. The Hall–Kier alpha value is -1.92. The summed E-state index contributed by atoms with van der Waals surface area (Å²) < 4.78 is 5.23. The molecule has 1 aromatic heterocycles. The second-order valence-corrected chi connectivity index (χ2v) is 5.40. The van der Waals surface area contributed by atoms with Crippen LogP contribution >= 0.6 is 11.6 Å². The van der Waals surface area contributed by atoms with E-state index in [0.29, 0.717) is 23.2 Å². The van der Waals surface area contributed by atoms with Crippen molar-refractivity contribution in [2.45, 2.75) is 25.8 Å². The van der Waals surface area contributed by atoms with Gasteiger partial charge in [0.25, 0.3) is 5.89 Å². The van der Waals surface area contributed by atoms with Crippen LogP contribution in [0.15, 0.2) is 28.8 Å². The number of nitrogens with one attached hydrogen (secondary N) is 2. The van der Waals surface area contributed by atoms with Gasteiger partial charge in [-0.05, 0) is 51.2 Å². The second kappa shape index (κ2) is 7.91. The number of carbonyl (C=O) groups is 1. The van der Waals surface area contributed by atoms with Crippen LogP contribution in [0.5, 0.6) is 0 Å². The number of hydrogen-bond donors (Lipinski definition) is 2. The molecule has 1 amide bonds. The van der Waals surface area contributed by atoms with Crippen molar-refractivity contribution in [3.63, 3.8) is 0 Å². The Kier molecular flexibility index (Phi) is 5.91. The number of nitrogens with zero attached hydrogens (tertiary/aromatic N) is 2. The van der Waals surface area contributed by atoms with Crippen molar-refractivity contribution >= 4 is 17.5 Å². The van der Waals surface area contributed by atoms with Crippen LogP contribution in [0.4, 0.5) is 0 Å². The van der Waals surface area contributed by atoms with Crippen LogP contribution in [-0.2, 0) is 4.79 Å². The fraction of sp³-hybridized carbons (Fsp3) is 0.400. The van der Waals surface area contributed by atoms with E-state index in [0.717, 1.165) is 18.5 Å². The molecular formula is C15H19ClN4O2. The van der Waals surface area contributed by atoms with Crippen molar-refractivity contribution in [2.24, 2.45) is 0 Å². The molecule has 0 fully saturated rings. The molecule has 118 valence electrons. The molecule has 1 aromatic carbocycles. The summed E-state index contributed by atoms with van der Waals surface area (Å²) in [6.07, 6.45) is 1.25. The predicted octanol–water partition coefficient (Wildman–Crippen LogP) is 2.57. The summed E-state index contributed by atoms with van der Waals surface area (Å²) in [6.45, 7) is 2.64. The van der Waals surface area contributed by atoms with Crippen LogP contribution in [0.3, 0.4) is 0 Å². The molecule has 1 heterocycles. The summed E-state index contributed by atoms with van der Waals surface area (Å²) in [5.74, 6) is 0.829. The SMILES string of the molecule is CNCCCC(=O)NC(C)c1noc(-c2ccc(Cl)cc2)n1. The third kappa shape index (κ3) is 4.54. The molecule has 0 aliphatic rings. The standard InChI is InChI=1S/C15H19ClN4O2/c1-10(18-13(21)4-3-9-17-2)14-19-15(22-20-14)11-5-7-12(16)8-6-11/h5-8,10,17H,3-4,9H2,1-2H3,(H,18,21). The molecule has 0 aliphatic carbocycles. The highest BCUT2D eigenvalue weighted by atomic mass is 35.5. The first kappa shape index (κ1) is 16.5. The molecule has 0 aliphatic heterocycles. The van der Waals surface area contributed by atoms with Crippen molar-refractivity contribution in [3.05, 3.63) is 35.1 Å². The summed E-state index contributed by atoms with van der Waals surface area (Å²) in [5, 5.41) is 10.4. The van der Waals surface area contributed by atoms with E-state index in [1.54, 1.807) is 24.3 Å². The predicted molar refractivity (Wildman–Crippen MR) is 84.5 cm³/mol. The van der Waals surface area contributed by atoms with E-state index in [9.17, 15) is 4.79 Å². The molecule has 6 nitrogen and oxygen atoms in total. The molecule has 1 unspecified atom stereocenters. The highest BCUT2D eigenvalue weighted by molar-refractivity contribution is 6.30. The van der Waals surface area contributed by atoms with Gasteiger partial charge in [0.15, 0.2) is 5.82 Å². The number of benzene rings is 1. The van der Waals surface area contributed by atoms with E-state index in [-0.39, 0.29) is 11.9 Å². The largest absolute Gasteiger partial charge is 0.346 e. The fourth-order valence-electron chi connectivity index (χ4n) is 1.92. The minimum Gasteiger partial charge on any atom is -0.346 e. The average Bonchev–Trinajstić information content (AvgIpc) is 2.98. The number of carbonyl (C=O) groups excluding carboxylic acids is 1. The Morgan fingerprint density at radius 1 is 1.36 bits per heavy atom. The maximum absolute atomic E-state index is 11.8. The average molecular weight is 323 g/mol. The van der Waals surface area contributed by atoms with E-state index in [4.69, 9.17) is 16.1 Å². The number of halogens is 1. The van der Waals surface area contributed by atoms with Crippen molar-refractivity contribution in [1.29, 1.82) is 0 Å². The lowest BCUT2D eigenvalue weighted by Gasteiger charge is -2.09. The van der Waals surface area contributed by atoms with Crippen LogP contribution < -0.4 is 10.6 Å². The molecule has 22 heavy (non-hydrogen) atoms. The highest BCUT2D eigenvalue weighted by Gasteiger charge is 2.16. The van der Waals surface area contributed by atoms with Gasteiger partial charge >= 0.3 is 0 Å². The Bertz CT molecular complexity index is 612. The van der Waals surface area contributed by atoms with Crippen molar-refractivity contribution in [2.75, 3.05) is 13.6 Å². The monoisotopic (exact) mass is 322 g/mol. The van der Waals surface area contributed by atoms with Crippen molar-refractivity contribution in [3.8, 4) is 11.5 Å². The van der Waals surface area contributed by atoms with E-state index in [1.807, 2.05) is 14.0 Å². The van der Waals surface area contributed by atoms with Crippen LogP contribution in [-0.4, -0.2) is 29.6 Å². The Morgan fingerprint density at radius 3 is 2.77 bits per heavy atom. The lowest BCUT2D eigenvalue weighted by Crippen LogP contribution is -2.27. The van der Waals surface area contributed by atoms with Gasteiger partial charge in [-0.2, -0.15) is 4.98 Å². The van der Waals surface area contributed by atoms with Gasteiger partial charge in [0.1, 0.15) is 0 Å². The van der Waals surface area contributed by atoms with Crippen LogP contribution in [0.25, 0.3) is 11.5 Å². The zero-order chi connectivity index (χ0) is 15.9. The first-order valence-electron chi connectivity index (χ1n) is 7.13. The number of amides is 1. The minimum atomic E-state index is -0.299.